The molecule has 2 N–H and O–H groups in total. The van der Waals surface area contributed by atoms with Crippen LogP contribution >= 0.6 is 0 Å². The molecule has 0 amide bonds. The van der Waals surface area contributed by atoms with Gasteiger partial charge in [0.15, 0.2) is 17.4 Å². The highest BCUT2D eigenvalue weighted by molar-refractivity contribution is 5.32. The van der Waals surface area contributed by atoms with Crippen molar-refractivity contribution in [2.45, 2.75) is 43.7 Å². The van der Waals surface area contributed by atoms with Crippen LogP contribution in [0.3, 0.4) is 0 Å². The van der Waals surface area contributed by atoms with E-state index < -0.39 is 23.0 Å². The Morgan fingerprint density at radius 2 is 1.73 bits per heavy atom. The highest BCUT2D eigenvalue weighted by Gasteiger charge is 2.46. The van der Waals surface area contributed by atoms with Crippen LogP contribution < -0.4 is 4.74 Å². The molecule has 1 heterocycles. The molecular formula is C23H24F2O5. The molecule has 1 aliphatic carbocycles. The van der Waals surface area contributed by atoms with Gasteiger partial charge in [-0.15, -0.1) is 0 Å². The lowest BCUT2D eigenvalue weighted by Crippen LogP contribution is -2.43. The molecule has 1 aliphatic heterocycles. The van der Waals surface area contributed by atoms with Gasteiger partial charge in [0, 0.05) is 18.6 Å². The van der Waals surface area contributed by atoms with Crippen LogP contribution in [0.1, 0.15) is 30.4 Å². The van der Waals surface area contributed by atoms with Crippen LogP contribution in [0.25, 0.3) is 0 Å². The molecule has 1 spiro atoms. The molecule has 0 unspecified atom stereocenters. The lowest BCUT2D eigenvalue weighted by atomic mass is 9.82. The van der Waals surface area contributed by atoms with Crippen LogP contribution in [0.15, 0.2) is 54.3 Å². The Bertz CT molecular complexity index is 925. The first kappa shape index (κ1) is 20.8. The molecular weight excluding hydrogens is 394 g/mol. The van der Waals surface area contributed by atoms with Crippen molar-refractivity contribution in [2.75, 3.05) is 13.2 Å². The average molecular weight is 418 g/mol. The Morgan fingerprint density at radius 1 is 1.00 bits per heavy atom. The lowest BCUT2D eigenvalue weighted by molar-refractivity contribution is -0.147. The molecule has 1 atom stereocenters. The largest absolute Gasteiger partial charge is 0.509 e. The summed E-state index contributed by atoms with van der Waals surface area (Å²) in [5.41, 5.74) is -0.586. The topological polar surface area (TPSA) is 68.2 Å². The highest BCUT2D eigenvalue weighted by atomic mass is 19.1. The molecule has 2 aromatic carbocycles. The van der Waals surface area contributed by atoms with E-state index in [4.69, 9.17) is 14.2 Å². The van der Waals surface area contributed by atoms with Gasteiger partial charge in [-0.3, -0.25) is 0 Å². The molecule has 2 aromatic rings. The zero-order valence-electron chi connectivity index (χ0n) is 16.4. The van der Waals surface area contributed by atoms with Gasteiger partial charge >= 0.3 is 0 Å². The standard InChI is InChI=1S/C23H24F2O5/c24-18-13-20(28-15-16-4-2-1-3-5-16)19(25)12-17(18)6-7-22(27)8-9-23(14-21(22)26)29-10-11-30-23/h1-5,12-14,26-27H,6-11,15H2/t22-/m0/s1. The maximum absolute atomic E-state index is 14.5. The van der Waals surface area contributed by atoms with Crippen molar-refractivity contribution in [3.8, 4) is 5.75 Å². The number of halogens is 2. The Hall–Kier alpha value is -2.48. The number of aliphatic hydroxyl groups is 2. The maximum atomic E-state index is 14.5. The molecule has 2 aliphatic rings. The minimum atomic E-state index is -1.54. The quantitative estimate of drug-likeness (QED) is 0.737. The molecule has 160 valence electrons. The summed E-state index contributed by atoms with van der Waals surface area (Å²) in [6.07, 6.45) is 2.02. The second-order valence-electron chi connectivity index (χ2n) is 7.72. The molecule has 0 bridgehead atoms. The Balaban J connectivity index is 1.42. The second-order valence-corrected chi connectivity index (χ2v) is 7.72. The van der Waals surface area contributed by atoms with Crippen LogP contribution in [0.2, 0.25) is 0 Å². The summed E-state index contributed by atoms with van der Waals surface area (Å²) in [4.78, 5) is 0. The van der Waals surface area contributed by atoms with E-state index in [0.29, 0.717) is 19.6 Å². The molecule has 0 radical (unpaired) electrons. The summed E-state index contributed by atoms with van der Waals surface area (Å²) in [6, 6.07) is 11.3. The van der Waals surface area contributed by atoms with Crippen molar-refractivity contribution in [1.29, 1.82) is 0 Å². The van der Waals surface area contributed by atoms with E-state index in [1.54, 1.807) is 0 Å². The van der Waals surface area contributed by atoms with Crippen LogP contribution in [-0.2, 0) is 22.5 Å². The van der Waals surface area contributed by atoms with E-state index in [1.807, 2.05) is 30.3 Å². The zero-order chi connectivity index (χ0) is 21.2. The molecule has 1 fully saturated rings. The summed E-state index contributed by atoms with van der Waals surface area (Å²) in [5.74, 6) is -2.73. The predicted octanol–water partition coefficient (Wildman–Crippen LogP) is 4.19. The molecule has 30 heavy (non-hydrogen) atoms. The number of aliphatic hydroxyl groups excluding tert-OH is 1. The van der Waals surface area contributed by atoms with Gasteiger partial charge in [0.05, 0.1) is 13.2 Å². The first-order valence-electron chi connectivity index (χ1n) is 9.96. The van der Waals surface area contributed by atoms with Gasteiger partial charge in [-0.25, -0.2) is 8.78 Å². The average Bonchev–Trinajstić information content (AvgIpc) is 3.19. The SMILES string of the molecule is OC1=CC2(CC[C@@]1(O)CCc1cc(F)c(OCc3ccccc3)cc1F)OCCO2. The summed E-state index contributed by atoms with van der Waals surface area (Å²) >= 11 is 0. The van der Waals surface area contributed by atoms with E-state index in [2.05, 4.69) is 0 Å². The Morgan fingerprint density at radius 3 is 2.43 bits per heavy atom. The number of rotatable bonds is 6. The van der Waals surface area contributed by atoms with Gasteiger partial charge in [0.2, 0.25) is 0 Å². The smallest absolute Gasteiger partial charge is 0.191 e. The molecule has 0 saturated carbocycles. The number of hydrogen-bond acceptors (Lipinski definition) is 5. The number of benzene rings is 2. The predicted molar refractivity (Wildman–Crippen MR) is 105 cm³/mol. The van der Waals surface area contributed by atoms with E-state index in [1.165, 1.54) is 6.08 Å². The van der Waals surface area contributed by atoms with Crippen molar-refractivity contribution in [1.82, 2.24) is 0 Å². The minimum absolute atomic E-state index is 0.0337. The van der Waals surface area contributed by atoms with Crippen molar-refractivity contribution in [3.63, 3.8) is 0 Å². The Labute approximate surface area is 173 Å². The van der Waals surface area contributed by atoms with Crippen molar-refractivity contribution < 1.29 is 33.2 Å². The number of hydrogen-bond donors (Lipinski definition) is 2. The number of ether oxygens (including phenoxy) is 3. The van der Waals surface area contributed by atoms with Gasteiger partial charge in [-0.05, 0) is 36.5 Å². The van der Waals surface area contributed by atoms with Gasteiger partial charge in [0.1, 0.15) is 23.8 Å². The van der Waals surface area contributed by atoms with Crippen LogP contribution in [0, 0.1) is 11.6 Å². The highest BCUT2D eigenvalue weighted by Crippen LogP contribution is 2.40. The lowest BCUT2D eigenvalue weighted by Gasteiger charge is -2.37. The number of aryl methyl sites for hydroxylation is 1. The van der Waals surface area contributed by atoms with Gasteiger partial charge in [0.25, 0.3) is 0 Å². The fourth-order valence-corrected chi connectivity index (χ4v) is 3.82. The van der Waals surface area contributed by atoms with E-state index in [0.717, 1.165) is 17.7 Å². The molecule has 1 saturated heterocycles. The fraction of sp³-hybridized carbons (Fsp3) is 0.391. The first-order chi connectivity index (χ1) is 14.4. The molecule has 0 aromatic heterocycles. The zero-order valence-corrected chi connectivity index (χ0v) is 16.4. The van der Waals surface area contributed by atoms with Crippen molar-refractivity contribution in [3.05, 3.63) is 77.1 Å². The summed E-state index contributed by atoms with van der Waals surface area (Å²) in [7, 11) is 0. The third-order valence-electron chi connectivity index (χ3n) is 5.64. The summed E-state index contributed by atoms with van der Waals surface area (Å²) in [5, 5.41) is 21.1. The molecule has 4 rings (SSSR count). The van der Waals surface area contributed by atoms with Crippen LogP contribution in [-0.4, -0.2) is 34.8 Å². The Kier molecular flexibility index (Phi) is 5.77. The maximum Gasteiger partial charge on any atom is 0.191 e. The van der Waals surface area contributed by atoms with E-state index in [-0.39, 0.29) is 42.9 Å². The molecule has 5 nitrogen and oxygen atoms in total. The third-order valence-corrected chi connectivity index (χ3v) is 5.64. The van der Waals surface area contributed by atoms with Gasteiger partial charge < -0.3 is 24.4 Å². The fourth-order valence-electron chi connectivity index (χ4n) is 3.82. The normalized spacial score (nSPS) is 22.8. The van der Waals surface area contributed by atoms with Crippen molar-refractivity contribution in [2.24, 2.45) is 0 Å². The van der Waals surface area contributed by atoms with Gasteiger partial charge in [-0.2, -0.15) is 0 Å². The second kappa shape index (κ2) is 8.34. The third kappa shape index (κ3) is 4.33. The summed E-state index contributed by atoms with van der Waals surface area (Å²) in [6.45, 7) is 0.970. The monoisotopic (exact) mass is 418 g/mol. The molecule has 7 heteroatoms. The van der Waals surface area contributed by atoms with Crippen LogP contribution in [0.5, 0.6) is 5.75 Å². The summed E-state index contributed by atoms with van der Waals surface area (Å²) < 4.78 is 45.4. The van der Waals surface area contributed by atoms with E-state index in [9.17, 15) is 19.0 Å². The van der Waals surface area contributed by atoms with E-state index >= 15 is 0 Å². The first-order valence-corrected chi connectivity index (χ1v) is 9.96. The van der Waals surface area contributed by atoms with Crippen LogP contribution in [0.4, 0.5) is 8.78 Å². The van der Waals surface area contributed by atoms with Gasteiger partial charge in [-0.1, -0.05) is 30.3 Å². The minimum Gasteiger partial charge on any atom is -0.509 e. The van der Waals surface area contributed by atoms with Crippen molar-refractivity contribution >= 4 is 0 Å².